The lowest BCUT2D eigenvalue weighted by Gasteiger charge is -2.08. The fraction of sp³-hybridized carbons (Fsp3) is 0.0667. The second-order valence-electron chi connectivity index (χ2n) is 4.23. The van der Waals surface area contributed by atoms with Crippen LogP contribution in [0.1, 0.15) is 11.1 Å². The van der Waals surface area contributed by atoms with E-state index in [-0.39, 0.29) is 5.56 Å². The third-order valence-electron chi connectivity index (χ3n) is 2.77. The van der Waals surface area contributed by atoms with Crippen molar-refractivity contribution < 1.29 is 13.6 Å². The van der Waals surface area contributed by atoms with E-state index in [0.717, 1.165) is 12.1 Å². The van der Waals surface area contributed by atoms with Crippen LogP contribution >= 0.6 is 15.9 Å². The van der Waals surface area contributed by atoms with Crippen LogP contribution in [0.25, 0.3) is 0 Å². The number of carbonyl (C=O) groups is 1. The van der Waals surface area contributed by atoms with Crippen molar-refractivity contribution in [2.45, 2.75) is 6.42 Å². The molecule has 3 nitrogen and oxygen atoms in total. The van der Waals surface area contributed by atoms with Gasteiger partial charge in [0, 0.05) is 10.0 Å². The molecule has 0 aromatic heterocycles. The molecule has 0 fully saturated rings. The molecule has 0 radical (unpaired) electrons. The molecule has 106 valence electrons. The third-order valence-corrected chi connectivity index (χ3v) is 3.43. The van der Waals surface area contributed by atoms with Gasteiger partial charge in [-0.05, 0) is 46.3 Å². The largest absolute Gasteiger partial charge is 0.325 e. The summed E-state index contributed by atoms with van der Waals surface area (Å²) in [5, 5.41) is 11.3. The third kappa shape index (κ3) is 3.64. The van der Waals surface area contributed by atoms with Crippen molar-refractivity contribution in [2.24, 2.45) is 0 Å². The van der Waals surface area contributed by atoms with Crippen LogP contribution in [0.15, 0.2) is 40.9 Å². The highest BCUT2D eigenvalue weighted by atomic mass is 79.9. The Balaban J connectivity index is 2.14. The predicted molar refractivity (Wildman–Crippen MR) is 77.5 cm³/mol. The molecule has 0 atom stereocenters. The van der Waals surface area contributed by atoms with E-state index in [9.17, 15) is 13.6 Å². The number of carbonyl (C=O) groups excluding carboxylic acids is 1. The Hall–Kier alpha value is -2.26. The number of hydrogen-bond acceptors (Lipinski definition) is 2. The van der Waals surface area contributed by atoms with E-state index in [1.165, 1.54) is 18.2 Å². The van der Waals surface area contributed by atoms with Crippen LogP contribution < -0.4 is 5.32 Å². The van der Waals surface area contributed by atoms with Crippen molar-refractivity contribution in [2.75, 3.05) is 5.32 Å². The summed E-state index contributed by atoms with van der Waals surface area (Å²) in [4.78, 5) is 11.9. The zero-order chi connectivity index (χ0) is 15.4. The normalized spacial score (nSPS) is 10.0. The van der Waals surface area contributed by atoms with Crippen molar-refractivity contribution in [3.05, 3.63) is 63.6 Å². The molecule has 0 spiro atoms. The summed E-state index contributed by atoms with van der Waals surface area (Å²) in [6, 6.07) is 10.0. The number of hydrogen-bond donors (Lipinski definition) is 1. The second kappa shape index (κ2) is 6.46. The van der Waals surface area contributed by atoms with Crippen LogP contribution in [0.3, 0.4) is 0 Å². The van der Waals surface area contributed by atoms with Gasteiger partial charge < -0.3 is 5.32 Å². The lowest BCUT2D eigenvalue weighted by atomic mass is 10.1. The number of nitriles is 1. The molecule has 0 bridgehead atoms. The first-order valence-corrected chi connectivity index (χ1v) is 6.73. The van der Waals surface area contributed by atoms with Gasteiger partial charge in [0.1, 0.15) is 11.6 Å². The topological polar surface area (TPSA) is 52.9 Å². The minimum Gasteiger partial charge on any atom is -0.325 e. The average molecular weight is 351 g/mol. The summed E-state index contributed by atoms with van der Waals surface area (Å²) >= 11 is 3.22. The summed E-state index contributed by atoms with van der Waals surface area (Å²) in [7, 11) is 0. The molecule has 0 heterocycles. The standard InChI is InChI=1S/C15H9BrF2N2O/c16-11-6-9(8-19)4-5-14(11)20-15(21)7-10-12(17)2-1-3-13(10)18/h1-6H,7H2,(H,20,21). The fourth-order valence-electron chi connectivity index (χ4n) is 1.74. The molecule has 2 aromatic carbocycles. The lowest BCUT2D eigenvalue weighted by Crippen LogP contribution is -2.16. The van der Waals surface area contributed by atoms with E-state index in [1.807, 2.05) is 6.07 Å². The number of nitrogens with zero attached hydrogens (tertiary/aromatic N) is 1. The second-order valence-corrected chi connectivity index (χ2v) is 5.09. The molecule has 2 aromatic rings. The maximum Gasteiger partial charge on any atom is 0.229 e. The maximum absolute atomic E-state index is 13.5. The van der Waals surface area contributed by atoms with Gasteiger partial charge in [0.25, 0.3) is 0 Å². The van der Waals surface area contributed by atoms with Gasteiger partial charge in [0.05, 0.1) is 23.7 Å². The van der Waals surface area contributed by atoms with Crippen LogP contribution in [0, 0.1) is 23.0 Å². The minimum absolute atomic E-state index is 0.278. The Morgan fingerprint density at radius 1 is 1.24 bits per heavy atom. The van der Waals surface area contributed by atoms with E-state index in [0.29, 0.717) is 15.7 Å². The first kappa shape index (κ1) is 15.1. The van der Waals surface area contributed by atoms with Gasteiger partial charge in [0.15, 0.2) is 0 Å². The predicted octanol–water partition coefficient (Wildman–Crippen LogP) is 3.78. The molecule has 0 aliphatic heterocycles. The van der Waals surface area contributed by atoms with Gasteiger partial charge >= 0.3 is 0 Å². The van der Waals surface area contributed by atoms with Crippen LogP contribution in [-0.2, 0) is 11.2 Å². The highest BCUT2D eigenvalue weighted by Crippen LogP contribution is 2.24. The summed E-state index contributed by atoms with van der Waals surface area (Å²) in [5.41, 5.74) is 0.579. The van der Waals surface area contributed by atoms with E-state index in [1.54, 1.807) is 6.07 Å². The number of benzene rings is 2. The van der Waals surface area contributed by atoms with Gasteiger partial charge in [-0.25, -0.2) is 8.78 Å². The smallest absolute Gasteiger partial charge is 0.229 e. The van der Waals surface area contributed by atoms with Crippen molar-refractivity contribution >= 4 is 27.5 Å². The first-order chi connectivity index (χ1) is 10.0. The number of amides is 1. The van der Waals surface area contributed by atoms with Crippen molar-refractivity contribution in [1.29, 1.82) is 5.26 Å². The van der Waals surface area contributed by atoms with Crippen LogP contribution in [-0.4, -0.2) is 5.91 Å². The molecule has 0 aliphatic rings. The van der Waals surface area contributed by atoms with Crippen molar-refractivity contribution in [1.82, 2.24) is 0 Å². The van der Waals surface area contributed by atoms with E-state index < -0.39 is 24.0 Å². The van der Waals surface area contributed by atoms with E-state index >= 15 is 0 Å². The number of anilines is 1. The Morgan fingerprint density at radius 3 is 2.48 bits per heavy atom. The van der Waals surface area contributed by atoms with Gasteiger partial charge in [0.2, 0.25) is 5.91 Å². The number of nitrogens with one attached hydrogen (secondary N) is 1. The highest BCUT2D eigenvalue weighted by molar-refractivity contribution is 9.10. The zero-order valence-electron chi connectivity index (χ0n) is 10.7. The summed E-state index contributed by atoms with van der Waals surface area (Å²) in [6.45, 7) is 0. The van der Waals surface area contributed by atoms with Crippen LogP contribution in [0.4, 0.5) is 14.5 Å². The highest BCUT2D eigenvalue weighted by Gasteiger charge is 2.14. The SMILES string of the molecule is N#Cc1ccc(NC(=O)Cc2c(F)cccc2F)c(Br)c1. The zero-order valence-corrected chi connectivity index (χ0v) is 12.2. The fourth-order valence-corrected chi connectivity index (χ4v) is 2.22. The van der Waals surface area contributed by atoms with Gasteiger partial charge in [-0.3, -0.25) is 4.79 Å². The molecule has 6 heteroatoms. The number of halogens is 3. The molecule has 0 aliphatic carbocycles. The molecule has 2 rings (SSSR count). The molecule has 21 heavy (non-hydrogen) atoms. The maximum atomic E-state index is 13.5. The van der Waals surface area contributed by atoms with Crippen molar-refractivity contribution in [3.63, 3.8) is 0 Å². The molecular weight excluding hydrogens is 342 g/mol. The quantitative estimate of drug-likeness (QED) is 0.915. The average Bonchev–Trinajstić information content (AvgIpc) is 2.45. The first-order valence-electron chi connectivity index (χ1n) is 5.93. The van der Waals surface area contributed by atoms with Gasteiger partial charge in [-0.15, -0.1) is 0 Å². The molecule has 0 saturated heterocycles. The molecule has 1 N–H and O–H groups in total. The Kier molecular flexibility index (Phi) is 4.66. The Labute approximate surface area is 128 Å². The molecule has 1 amide bonds. The molecule has 0 saturated carbocycles. The van der Waals surface area contributed by atoms with Gasteiger partial charge in [-0.2, -0.15) is 5.26 Å². The van der Waals surface area contributed by atoms with Gasteiger partial charge in [-0.1, -0.05) is 6.07 Å². The van der Waals surface area contributed by atoms with Crippen LogP contribution in [0.2, 0.25) is 0 Å². The summed E-state index contributed by atoms with van der Waals surface area (Å²) < 4.78 is 27.4. The lowest BCUT2D eigenvalue weighted by molar-refractivity contribution is -0.115. The molecular formula is C15H9BrF2N2O. The van der Waals surface area contributed by atoms with Crippen molar-refractivity contribution in [3.8, 4) is 6.07 Å². The van der Waals surface area contributed by atoms with E-state index in [2.05, 4.69) is 21.2 Å². The monoisotopic (exact) mass is 350 g/mol. The summed E-state index contributed by atoms with van der Waals surface area (Å²) in [5.74, 6) is -2.07. The Morgan fingerprint density at radius 2 is 1.90 bits per heavy atom. The number of rotatable bonds is 3. The Bertz CT molecular complexity index is 721. The molecule has 0 unspecified atom stereocenters. The minimum atomic E-state index is -0.760. The summed E-state index contributed by atoms with van der Waals surface area (Å²) in [6.07, 6.45) is -0.412. The van der Waals surface area contributed by atoms with E-state index in [4.69, 9.17) is 5.26 Å². The van der Waals surface area contributed by atoms with Crippen LogP contribution in [0.5, 0.6) is 0 Å².